The van der Waals surface area contributed by atoms with E-state index in [1.165, 1.54) is 23.5 Å². The molecule has 1 aliphatic heterocycles. The van der Waals surface area contributed by atoms with Gasteiger partial charge in [-0.1, -0.05) is 25.0 Å². The average Bonchev–Trinajstić information content (AvgIpc) is 3.04. The molecule has 30 heavy (non-hydrogen) atoms. The fourth-order valence-corrected chi connectivity index (χ4v) is 5.04. The summed E-state index contributed by atoms with van der Waals surface area (Å²) >= 11 is 0. The second-order valence-corrected chi connectivity index (χ2v) is 9.19. The van der Waals surface area contributed by atoms with Crippen LogP contribution < -0.4 is 14.8 Å². The molecule has 0 aliphatic carbocycles. The van der Waals surface area contributed by atoms with E-state index < -0.39 is 10.0 Å². The maximum Gasteiger partial charge on any atom is 0.243 e. The average molecular weight is 433 g/mol. The zero-order chi connectivity index (χ0) is 21.6. The van der Waals surface area contributed by atoms with Gasteiger partial charge in [0.2, 0.25) is 15.9 Å². The third kappa shape index (κ3) is 5.31. The Kier molecular flexibility index (Phi) is 7.33. The molecule has 0 unspecified atom stereocenters. The summed E-state index contributed by atoms with van der Waals surface area (Å²) < 4.78 is 38.2. The highest BCUT2D eigenvalue weighted by Gasteiger charge is 2.26. The van der Waals surface area contributed by atoms with Gasteiger partial charge in [-0.3, -0.25) is 4.79 Å². The van der Waals surface area contributed by atoms with Crippen LogP contribution in [0.3, 0.4) is 0 Å². The first-order chi connectivity index (χ1) is 14.4. The highest BCUT2D eigenvalue weighted by Crippen LogP contribution is 2.30. The minimum atomic E-state index is -3.62. The van der Waals surface area contributed by atoms with Gasteiger partial charge in [-0.15, -0.1) is 0 Å². The number of benzene rings is 2. The van der Waals surface area contributed by atoms with Crippen LogP contribution in [0.15, 0.2) is 47.4 Å². The third-order valence-corrected chi connectivity index (χ3v) is 7.07. The number of anilines is 1. The number of carbonyl (C=O) groups excluding carboxylic acids is 1. The van der Waals surface area contributed by atoms with E-state index in [0.29, 0.717) is 30.3 Å². The van der Waals surface area contributed by atoms with Crippen molar-refractivity contribution in [1.82, 2.24) is 4.31 Å². The maximum atomic E-state index is 13.1. The molecule has 0 spiro atoms. The Morgan fingerprint density at radius 2 is 1.63 bits per heavy atom. The zero-order valence-corrected chi connectivity index (χ0v) is 18.2. The predicted molar refractivity (Wildman–Crippen MR) is 116 cm³/mol. The summed E-state index contributed by atoms with van der Waals surface area (Å²) in [6.45, 7) is 1.04. The van der Waals surface area contributed by atoms with Gasteiger partial charge in [0.1, 0.15) is 11.5 Å². The fourth-order valence-electron chi connectivity index (χ4n) is 3.50. The Labute approximate surface area is 178 Å². The quantitative estimate of drug-likeness (QED) is 0.724. The van der Waals surface area contributed by atoms with Gasteiger partial charge in [0.05, 0.1) is 31.2 Å². The number of nitrogens with zero attached hydrogens (tertiary/aromatic N) is 1. The van der Waals surface area contributed by atoms with Crippen LogP contribution in [0, 0.1) is 0 Å². The van der Waals surface area contributed by atoms with Gasteiger partial charge < -0.3 is 14.8 Å². The van der Waals surface area contributed by atoms with Crippen LogP contribution in [0.4, 0.5) is 5.69 Å². The van der Waals surface area contributed by atoms with Crippen molar-refractivity contribution in [3.63, 3.8) is 0 Å². The molecule has 0 saturated carbocycles. The van der Waals surface area contributed by atoms with Crippen molar-refractivity contribution in [1.29, 1.82) is 0 Å². The number of hydrogen-bond acceptors (Lipinski definition) is 5. The first-order valence-corrected chi connectivity index (χ1v) is 11.5. The number of amides is 1. The van der Waals surface area contributed by atoms with Crippen molar-refractivity contribution in [2.45, 2.75) is 37.0 Å². The number of rotatable bonds is 7. The van der Waals surface area contributed by atoms with Crippen LogP contribution >= 0.6 is 0 Å². The van der Waals surface area contributed by atoms with Crippen LogP contribution in [0.1, 0.15) is 31.2 Å². The number of carbonyl (C=O) groups is 1. The van der Waals surface area contributed by atoms with E-state index in [0.717, 1.165) is 31.2 Å². The van der Waals surface area contributed by atoms with Gasteiger partial charge in [-0.25, -0.2) is 8.42 Å². The Morgan fingerprint density at radius 3 is 2.23 bits per heavy atom. The summed E-state index contributed by atoms with van der Waals surface area (Å²) in [5.74, 6) is 0.864. The van der Waals surface area contributed by atoms with E-state index in [9.17, 15) is 13.2 Å². The van der Waals surface area contributed by atoms with Gasteiger partial charge in [0.25, 0.3) is 0 Å². The van der Waals surface area contributed by atoms with E-state index in [1.807, 2.05) is 12.1 Å². The molecule has 1 amide bonds. The molecule has 0 radical (unpaired) electrons. The van der Waals surface area contributed by atoms with Crippen LogP contribution in [0.25, 0.3) is 0 Å². The lowest BCUT2D eigenvalue weighted by atomic mass is 10.1. The fraction of sp³-hybridized carbons (Fsp3) is 0.409. The van der Waals surface area contributed by atoms with Crippen molar-refractivity contribution in [2.75, 3.05) is 32.6 Å². The standard InChI is InChI=1S/C22H28N2O5S/c1-28-18-9-7-17(8-10-18)15-22(25)23-20-16-19(11-12-21(20)29-2)30(26,27)24-13-5-3-4-6-14-24/h7-12,16H,3-6,13-15H2,1-2H3,(H,23,25). The van der Waals surface area contributed by atoms with E-state index in [1.54, 1.807) is 25.3 Å². The lowest BCUT2D eigenvalue weighted by Gasteiger charge is -2.21. The minimum Gasteiger partial charge on any atom is -0.497 e. The van der Waals surface area contributed by atoms with E-state index in [2.05, 4.69) is 5.32 Å². The highest BCUT2D eigenvalue weighted by molar-refractivity contribution is 7.89. The lowest BCUT2D eigenvalue weighted by Crippen LogP contribution is -2.32. The molecule has 2 aromatic rings. The number of sulfonamides is 1. The van der Waals surface area contributed by atoms with E-state index in [4.69, 9.17) is 9.47 Å². The van der Waals surface area contributed by atoms with E-state index >= 15 is 0 Å². The molecular weight excluding hydrogens is 404 g/mol. The van der Waals surface area contributed by atoms with E-state index in [-0.39, 0.29) is 17.2 Å². The number of hydrogen-bond donors (Lipinski definition) is 1. The van der Waals surface area contributed by atoms with Crippen LogP contribution in [0.5, 0.6) is 11.5 Å². The van der Waals surface area contributed by atoms with Crippen LogP contribution in [-0.4, -0.2) is 45.9 Å². The SMILES string of the molecule is COc1ccc(CC(=O)Nc2cc(S(=O)(=O)N3CCCCCC3)ccc2OC)cc1. The van der Waals surface area contributed by atoms with Crippen LogP contribution in [-0.2, 0) is 21.2 Å². The molecule has 1 heterocycles. The van der Waals surface area contributed by atoms with Gasteiger partial charge in [-0.2, -0.15) is 4.31 Å². The summed E-state index contributed by atoms with van der Waals surface area (Å²) in [7, 11) is -0.555. The van der Waals surface area contributed by atoms with Crippen molar-refractivity contribution >= 4 is 21.6 Å². The first-order valence-electron chi connectivity index (χ1n) is 10.0. The molecule has 1 fully saturated rings. The molecular formula is C22H28N2O5S. The van der Waals surface area contributed by atoms with Gasteiger partial charge in [0.15, 0.2) is 0 Å². The van der Waals surface area contributed by atoms with Crippen molar-refractivity contribution in [2.24, 2.45) is 0 Å². The summed E-state index contributed by atoms with van der Waals surface area (Å²) in [5.41, 5.74) is 1.16. The maximum absolute atomic E-state index is 13.1. The van der Waals surface area contributed by atoms with Crippen molar-refractivity contribution < 1.29 is 22.7 Å². The van der Waals surface area contributed by atoms with Gasteiger partial charge in [-0.05, 0) is 48.7 Å². The summed E-state index contributed by atoms with van der Waals surface area (Å²) in [6, 6.07) is 11.8. The smallest absolute Gasteiger partial charge is 0.243 e. The minimum absolute atomic E-state index is 0.149. The predicted octanol–water partition coefficient (Wildman–Crippen LogP) is 3.45. The second kappa shape index (κ2) is 9.95. The third-order valence-electron chi connectivity index (χ3n) is 5.17. The molecule has 0 atom stereocenters. The molecule has 3 rings (SSSR count). The molecule has 1 aliphatic rings. The Morgan fingerprint density at radius 1 is 0.967 bits per heavy atom. The molecule has 0 aromatic heterocycles. The monoisotopic (exact) mass is 432 g/mol. The lowest BCUT2D eigenvalue weighted by molar-refractivity contribution is -0.115. The largest absolute Gasteiger partial charge is 0.497 e. The Hall–Kier alpha value is -2.58. The van der Waals surface area contributed by atoms with Crippen molar-refractivity contribution in [3.8, 4) is 11.5 Å². The zero-order valence-electron chi connectivity index (χ0n) is 17.4. The number of nitrogens with one attached hydrogen (secondary N) is 1. The molecule has 7 nitrogen and oxygen atoms in total. The van der Waals surface area contributed by atoms with Gasteiger partial charge in [0, 0.05) is 13.1 Å². The van der Waals surface area contributed by atoms with Gasteiger partial charge >= 0.3 is 0 Å². The molecule has 2 aromatic carbocycles. The molecule has 162 valence electrons. The van der Waals surface area contributed by atoms with Crippen LogP contribution in [0.2, 0.25) is 0 Å². The van der Waals surface area contributed by atoms with Crippen molar-refractivity contribution in [3.05, 3.63) is 48.0 Å². The molecule has 1 saturated heterocycles. The Balaban J connectivity index is 1.78. The Bertz CT molecular complexity index is 966. The first kappa shape index (κ1) is 22.1. The summed E-state index contributed by atoms with van der Waals surface area (Å²) in [5, 5.41) is 2.79. The highest BCUT2D eigenvalue weighted by atomic mass is 32.2. The molecule has 1 N–H and O–H groups in total. The normalized spacial score (nSPS) is 15.3. The molecule has 8 heteroatoms. The summed E-state index contributed by atoms with van der Waals surface area (Å²) in [6.07, 6.45) is 3.96. The summed E-state index contributed by atoms with van der Waals surface area (Å²) in [4.78, 5) is 12.7. The number of methoxy groups -OCH3 is 2. The topological polar surface area (TPSA) is 84.9 Å². The second-order valence-electron chi connectivity index (χ2n) is 7.25. The number of ether oxygens (including phenoxy) is 2. The molecule has 0 bridgehead atoms.